The Morgan fingerprint density at radius 1 is 1.18 bits per heavy atom. The molecule has 3 amide bonds. The third-order valence-electron chi connectivity index (χ3n) is 3.09. The van der Waals surface area contributed by atoms with Gasteiger partial charge in [0.1, 0.15) is 0 Å². The Morgan fingerprint density at radius 3 is 2.59 bits per heavy atom. The number of nitrogens with one attached hydrogen (secondary N) is 2. The molecule has 0 spiro atoms. The number of carbonyl (C=O) groups excluding carboxylic acids is 2. The van der Waals surface area contributed by atoms with E-state index in [1.165, 1.54) is 0 Å². The SMILES string of the molecule is NC(=O)NCc1ccc(C(=O)NCCCn2cccn2)cc1. The van der Waals surface area contributed by atoms with E-state index in [-0.39, 0.29) is 5.91 Å². The van der Waals surface area contributed by atoms with E-state index in [2.05, 4.69) is 15.7 Å². The number of nitrogens with two attached hydrogens (primary N) is 1. The molecule has 1 aromatic heterocycles. The zero-order chi connectivity index (χ0) is 15.8. The lowest BCUT2D eigenvalue weighted by molar-refractivity contribution is 0.0952. The second-order valence-electron chi connectivity index (χ2n) is 4.79. The third-order valence-corrected chi connectivity index (χ3v) is 3.09. The Hall–Kier alpha value is -2.83. The molecule has 22 heavy (non-hydrogen) atoms. The van der Waals surface area contributed by atoms with E-state index in [1.807, 2.05) is 16.9 Å². The molecule has 0 saturated heterocycles. The van der Waals surface area contributed by atoms with Gasteiger partial charge < -0.3 is 16.4 Å². The van der Waals surface area contributed by atoms with Gasteiger partial charge in [0.2, 0.25) is 0 Å². The van der Waals surface area contributed by atoms with Gasteiger partial charge in [0, 0.05) is 37.6 Å². The molecule has 0 aliphatic heterocycles. The fourth-order valence-corrected chi connectivity index (χ4v) is 1.94. The van der Waals surface area contributed by atoms with E-state index in [1.54, 1.807) is 30.5 Å². The van der Waals surface area contributed by atoms with Crippen LogP contribution in [0.1, 0.15) is 22.3 Å². The van der Waals surface area contributed by atoms with Crippen LogP contribution in [-0.2, 0) is 13.1 Å². The number of hydrogen-bond acceptors (Lipinski definition) is 3. The molecule has 0 bridgehead atoms. The molecule has 7 heteroatoms. The van der Waals surface area contributed by atoms with Gasteiger partial charge in [-0.2, -0.15) is 5.10 Å². The first-order valence-electron chi connectivity index (χ1n) is 7.03. The quantitative estimate of drug-likeness (QED) is 0.661. The Morgan fingerprint density at radius 2 is 1.95 bits per heavy atom. The lowest BCUT2D eigenvalue weighted by Gasteiger charge is -2.07. The van der Waals surface area contributed by atoms with Crippen LogP contribution in [0.5, 0.6) is 0 Å². The van der Waals surface area contributed by atoms with E-state index in [0.717, 1.165) is 18.5 Å². The number of carbonyl (C=O) groups is 2. The van der Waals surface area contributed by atoms with Gasteiger partial charge in [-0.3, -0.25) is 9.48 Å². The Kier molecular flexibility index (Phi) is 5.53. The minimum atomic E-state index is -0.570. The van der Waals surface area contributed by atoms with E-state index < -0.39 is 6.03 Å². The Balaban J connectivity index is 1.73. The maximum atomic E-state index is 12.0. The van der Waals surface area contributed by atoms with Crippen LogP contribution in [0, 0.1) is 0 Å². The highest BCUT2D eigenvalue weighted by Crippen LogP contribution is 2.04. The largest absolute Gasteiger partial charge is 0.352 e. The second kappa shape index (κ2) is 7.82. The van der Waals surface area contributed by atoms with Gasteiger partial charge in [-0.1, -0.05) is 12.1 Å². The lowest BCUT2D eigenvalue weighted by atomic mass is 10.1. The minimum absolute atomic E-state index is 0.116. The molecule has 0 unspecified atom stereocenters. The zero-order valence-electron chi connectivity index (χ0n) is 12.2. The predicted octanol–water partition coefficient (Wildman–Crippen LogP) is 0.871. The van der Waals surface area contributed by atoms with Crippen molar-refractivity contribution in [3.8, 4) is 0 Å². The summed E-state index contributed by atoms with van der Waals surface area (Å²) < 4.78 is 1.83. The summed E-state index contributed by atoms with van der Waals surface area (Å²) in [6.07, 6.45) is 4.43. The number of hydrogen-bond donors (Lipinski definition) is 3. The van der Waals surface area contributed by atoms with Gasteiger partial charge in [0.25, 0.3) is 5.91 Å². The van der Waals surface area contributed by atoms with Gasteiger partial charge in [-0.05, 0) is 30.2 Å². The molecule has 0 aliphatic rings. The number of benzene rings is 1. The molecule has 0 atom stereocenters. The van der Waals surface area contributed by atoms with Crippen molar-refractivity contribution in [2.75, 3.05) is 6.54 Å². The van der Waals surface area contributed by atoms with Crippen LogP contribution >= 0.6 is 0 Å². The summed E-state index contributed by atoms with van der Waals surface area (Å²) in [6.45, 7) is 1.70. The fourth-order valence-electron chi connectivity index (χ4n) is 1.94. The first-order valence-corrected chi connectivity index (χ1v) is 7.03. The molecule has 2 aromatic rings. The van der Waals surface area contributed by atoms with Gasteiger partial charge in [-0.25, -0.2) is 4.79 Å². The Bertz CT molecular complexity index is 607. The van der Waals surface area contributed by atoms with Crippen molar-refractivity contribution in [3.05, 3.63) is 53.9 Å². The summed E-state index contributed by atoms with van der Waals surface area (Å²) in [5, 5.41) is 9.45. The standard InChI is InChI=1S/C15H19N5O2/c16-15(22)18-11-12-3-5-13(6-4-12)14(21)17-7-1-9-20-10-2-8-19-20/h2-6,8,10H,1,7,9,11H2,(H,17,21)(H3,16,18,22). The average molecular weight is 301 g/mol. The van der Waals surface area contributed by atoms with Crippen molar-refractivity contribution < 1.29 is 9.59 Å². The van der Waals surface area contributed by atoms with Crippen molar-refractivity contribution in [1.82, 2.24) is 20.4 Å². The van der Waals surface area contributed by atoms with Crippen LogP contribution in [0.25, 0.3) is 0 Å². The molecule has 0 aliphatic carbocycles. The molecule has 0 fully saturated rings. The molecule has 1 aromatic carbocycles. The molecule has 0 radical (unpaired) electrons. The molecule has 0 saturated carbocycles. The van der Waals surface area contributed by atoms with E-state index in [4.69, 9.17) is 5.73 Å². The zero-order valence-corrected chi connectivity index (χ0v) is 12.2. The molecule has 1 heterocycles. The van der Waals surface area contributed by atoms with E-state index in [0.29, 0.717) is 18.7 Å². The van der Waals surface area contributed by atoms with Gasteiger partial charge in [0.15, 0.2) is 0 Å². The number of primary amides is 1. The first kappa shape index (κ1) is 15.6. The molecule has 4 N–H and O–H groups in total. The Labute approximate surface area is 128 Å². The van der Waals surface area contributed by atoms with Crippen molar-refractivity contribution in [2.24, 2.45) is 5.73 Å². The van der Waals surface area contributed by atoms with Crippen LogP contribution in [0.3, 0.4) is 0 Å². The maximum absolute atomic E-state index is 12.0. The normalized spacial score (nSPS) is 10.2. The van der Waals surface area contributed by atoms with Crippen LogP contribution < -0.4 is 16.4 Å². The first-order chi connectivity index (χ1) is 10.6. The minimum Gasteiger partial charge on any atom is -0.352 e. The second-order valence-corrected chi connectivity index (χ2v) is 4.79. The third kappa shape index (κ3) is 4.93. The molecular weight excluding hydrogens is 282 g/mol. The maximum Gasteiger partial charge on any atom is 0.312 e. The number of amides is 3. The number of urea groups is 1. The predicted molar refractivity (Wildman–Crippen MR) is 82.0 cm³/mol. The molecular formula is C15H19N5O2. The monoisotopic (exact) mass is 301 g/mol. The number of nitrogens with zero attached hydrogens (tertiary/aromatic N) is 2. The van der Waals surface area contributed by atoms with Gasteiger partial charge in [0.05, 0.1) is 0 Å². The van der Waals surface area contributed by atoms with Crippen molar-refractivity contribution in [2.45, 2.75) is 19.5 Å². The van der Waals surface area contributed by atoms with Crippen LogP contribution in [0.15, 0.2) is 42.7 Å². The summed E-state index contributed by atoms with van der Waals surface area (Å²) >= 11 is 0. The smallest absolute Gasteiger partial charge is 0.312 e. The van der Waals surface area contributed by atoms with Crippen LogP contribution in [0.2, 0.25) is 0 Å². The van der Waals surface area contributed by atoms with Crippen molar-refractivity contribution >= 4 is 11.9 Å². The number of aromatic nitrogens is 2. The van der Waals surface area contributed by atoms with Crippen molar-refractivity contribution in [1.29, 1.82) is 0 Å². The average Bonchev–Trinajstić information content (AvgIpc) is 3.03. The van der Waals surface area contributed by atoms with Crippen LogP contribution in [-0.4, -0.2) is 28.3 Å². The molecule has 2 rings (SSSR count). The topological polar surface area (TPSA) is 102 Å². The summed E-state index contributed by atoms with van der Waals surface area (Å²) in [5.74, 6) is -0.116. The van der Waals surface area contributed by atoms with Crippen LogP contribution in [0.4, 0.5) is 4.79 Å². The summed E-state index contributed by atoms with van der Waals surface area (Å²) in [7, 11) is 0. The molecule has 7 nitrogen and oxygen atoms in total. The summed E-state index contributed by atoms with van der Waals surface area (Å²) in [6, 6.07) is 8.32. The fraction of sp³-hybridized carbons (Fsp3) is 0.267. The van der Waals surface area contributed by atoms with Gasteiger partial charge >= 0.3 is 6.03 Å². The highest BCUT2D eigenvalue weighted by Gasteiger charge is 2.05. The van der Waals surface area contributed by atoms with E-state index in [9.17, 15) is 9.59 Å². The summed E-state index contributed by atoms with van der Waals surface area (Å²) in [4.78, 5) is 22.6. The molecule has 116 valence electrons. The van der Waals surface area contributed by atoms with Crippen molar-refractivity contribution in [3.63, 3.8) is 0 Å². The number of rotatable bonds is 7. The highest BCUT2D eigenvalue weighted by molar-refractivity contribution is 5.94. The van der Waals surface area contributed by atoms with E-state index >= 15 is 0 Å². The lowest BCUT2D eigenvalue weighted by Crippen LogP contribution is -2.28. The summed E-state index contributed by atoms with van der Waals surface area (Å²) in [5.41, 5.74) is 6.47. The highest BCUT2D eigenvalue weighted by atomic mass is 16.2. The van der Waals surface area contributed by atoms with Gasteiger partial charge in [-0.15, -0.1) is 0 Å². The number of aryl methyl sites for hydroxylation is 1.